The molecule has 0 bridgehead atoms. The fourth-order valence-corrected chi connectivity index (χ4v) is 2.63. The van der Waals surface area contributed by atoms with Gasteiger partial charge < -0.3 is 10.1 Å². The highest BCUT2D eigenvalue weighted by molar-refractivity contribution is 7.00. The minimum absolute atomic E-state index is 0.255. The molecule has 3 aromatic rings. The standard InChI is InChI=1S/C16H14ClN3O2S/c1-16(2,22-12-6-3-10(17)4-7-12)15(21)18-11-5-8-13-14(9-11)20-23-19-13/h3-9H,1-2H3,(H,18,21). The zero-order valence-corrected chi connectivity index (χ0v) is 14.1. The normalized spacial score (nSPS) is 11.4. The van der Waals surface area contributed by atoms with Gasteiger partial charge in [0.1, 0.15) is 16.8 Å². The maximum Gasteiger partial charge on any atom is 0.267 e. The van der Waals surface area contributed by atoms with E-state index in [-0.39, 0.29) is 5.91 Å². The monoisotopic (exact) mass is 347 g/mol. The number of anilines is 1. The third kappa shape index (κ3) is 3.60. The predicted molar refractivity (Wildman–Crippen MR) is 92.2 cm³/mol. The lowest BCUT2D eigenvalue weighted by atomic mass is 10.1. The molecule has 23 heavy (non-hydrogen) atoms. The van der Waals surface area contributed by atoms with Crippen molar-refractivity contribution < 1.29 is 9.53 Å². The van der Waals surface area contributed by atoms with Gasteiger partial charge >= 0.3 is 0 Å². The molecule has 7 heteroatoms. The van der Waals surface area contributed by atoms with Crippen LogP contribution in [0.4, 0.5) is 5.69 Å². The highest BCUT2D eigenvalue weighted by Crippen LogP contribution is 2.23. The quantitative estimate of drug-likeness (QED) is 0.770. The van der Waals surface area contributed by atoms with Gasteiger partial charge in [0.15, 0.2) is 5.60 Å². The van der Waals surface area contributed by atoms with Gasteiger partial charge in [0.2, 0.25) is 0 Å². The molecule has 1 aromatic heterocycles. The van der Waals surface area contributed by atoms with Crippen molar-refractivity contribution in [1.82, 2.24) is 8.75 Å². The van der Waals surface area contributed by atoms with E-state index in [9.17, 15) is 4.79 Å². The van der Waals surface area contributed by atoms with Crippen LogP contribution >= 0.6 is 23.3 Å². The van der Waals surface area contributed by atoms with Crippen molar-refractivity contribution in [1.29, 1.82) is 0 Å². The Labute approximate surface area is 142 Å². The van der Waals surface area contributed by atoms with Crippen LogP contribution in [0.5, 0.6) is 5.75 Å². The van der Waals surface area contributed by atoms with Gasteiger partial charge in [-0.2, -0.15) is 8.75 Å². The number of nitrogens with one attached hydrogen (secondary N) is 1. The summed E-state index contributed by atoms with van der Waals surface area (Å²) >= 11 is 6.99. The van der Waals surface area contributed by atoms with Gasteiger partial charge in [-0.3, -0.25) is 4.79 Å². The predicted octanol–water partition coefficient (Wildman–Crippen LogP) is 4.14. The first kappa shape index (κ1) is 15.7. The first-order valence-electron chi connectivity index (χ1n) is 6.92. The lowest BCUT2D eigenvalue weighted by Gasteiger charge is -2.25. The number of carbonyl (C=O) groups is 1. The number of rotatable bonds is 4. The van der Waals surface area contributed by atoms with Crippen molar-refractivity contribution in [3.8, 4) is 5.75 Å². The van der Waals surface area contributed by atoms with Gasteiger partial charge in [0.25, 0.3) is 5.91 Å². The Morgan fingerprint density at radius 3 is 2.57 bits per heavy atom. The minimum atomic E-state index is -1.04. The molecule has 0 unspecified atom stereocenters. The molecule has 1 amide bonds. The summed E-state index contributed by atoms with van der Waals surface area (Å²) in [7, 11) is 0. The molecular weight excluding hydrogens is 334 g/mol. The van der Waals surface area contributed by atoms with E-state index < -0.39 is 5.60 Å². The summed E-state index contributed by atoms with van der Waals surface area (Å²) in [5.74, 6) is 0.323. The third-order valence-corrected chi connectivity index (χ3v) is 4.05. The number of hydrogen-bond donors (Lipinski definition) is 1. The van der Waals surface area contributed by atoms with E-state index in [2.05, 4.69) is 14.1 Å². The molecule has 0 saturated carbocycles. The van der Waals surface area contributed by atoms with Gasteiger partial charge in [-0.05, 0) is 56.3 Å². The number of amides is 1. The Balaban J connectivity index is 1.73. The first-order chi connectivity index (χ1) is 10.9. The van der Waals surface area contributed by atoms with E-state index in [0.717, 1.165) is 22.8 Å². The average Bonchev–Trinajstić information content (AvgIpc) is 2.97. The Hall–Kier alpha value is -2.18. The zero-order valence-electron chi connectivity index (χ0n) is 12.5. The van der Waals surface area contributed by atoms with Crippen molar-refractivity contribution >= 4 is 46.0 Å². The van der Waals surface area contributed by atoms with Gasteiger partial charge in [-0.25, -0.2) is 0 Å². The van der Waals surface area contributed by atoms with Gasteiger partial charge in [-0.1, -0.05) is 11.6 Å². The van der Waals surface area contributed by atoms with Crippen LogP contribution in [0.3, 0.4) is 0 Å². The molecule has 1 heterocycles. The van der Waals surface area contributed by atoms with Crippen molar-refractivity contribution in [2.45, 2.75) is 19.4 Å². The second-order valence-electron chi connectivity index (χ2n) is 5.49. The van der Waals surface area contributed by atoms with Crippen LogP contribution in [0.1, 0.15) is 13.8 Å². The number of nitrogens with zero attached hydrogens (tertiary/aromatic N) is 2. The molecule has 0 spiro atoms. The van der Waals surface area contributed by atoms with Crippen molar-refractivity contribution in [2.24, 2.45) is 0 Å². The highest BCUT2D eigenvalue weighted by atomic mass is 35.5. The maximum absolute atomic E-state index is 12.5. The van der Waals surface area contributed by atoms with Crippen LogP contribution in [-0.4, -0.2) is 20.3 Å². The van der Waals surface area contributed by atoms with E-state index >= 15 is 0 Å². The van der Waals surface area contributed by atoms with Crippen LogP contribution in [-0.2, 0) is 4.79 Å². The summed E-state index contributed by atoms with van der Waals surface area (Å²) in [6.07, 6.45) is 0. The number of benzene rings is 2. The van der Waals surface area contributed by atoms with Crippen LogP contribution in [0.2, 0.25) is 5.02 Å². The molecule has 0 radical (unpaired) electrons. The summed E-state index contributed by atoms with van der Waals surface area (Å²) < 4.78 is 14.1. The Morgan fingerprint density at radius 1 is 1.13 bits per heavy atom. The maximum atomic E-state index is 12.5. The van der Waals surface area contributed by atoms with E-state index in [4.69, 9.17) is 16.3 Å². The fraction of sp³-hybridized carbons (Fsp3) is 0.188. The molecule has 0 aliphatic carbocycles. The summed E-state index contributed by atoms with van der Waals surface area (Å²) in [4.78, 5) is 12.5. The van der Waals surface area contributed by atoms with Crippen LogP contribution < -0.4 is 10.1 Å². The number of carbonyl (C=O) groups excluding carboxylic acids is 1. The van der Waals surface area contributed by atoms with E-state index in [1.54, 1.807) is 50.2 Å². The van der Waals surface area contributed by atoms with Crippen LogP contribution in [0, 0.1) is 0 Å². The Kier molecular flexibility index (Phi) is 4.19. The summed E-state index contributed by atoms with van der Waals surface area (Å²) in [6, 6.07) is 12.3. The van der Waals surface area contributed by atoms with Crippen molar-refractivity contribution in [3.63, 3.8) is 0 Å². The van der Waals surface area contributed by atoms with Gasteiger partial charge in [-0.15, -0.1) is 0 Å². The molecule has 5 nitrogen and oxygen atoms in total. The molecule has 0 aliphatic rings. The fourth-order valence-electron chi connectivity index (χ4n) is 1.99. The molecule has 0 atom stereocenters. The number of hydrogen-bond acceptors (Lipinski definition) is 5. The van der Waals surface area contributed by atoms with Crippen molar-refractivity contribution in [2.75, 3.05) is 5.32 Å². The van der Waals surface area contributed by atoms with Crippen molar-refractivity contribution in [3.05, 3.63) is 47.5 Å². The lowest BCUT2D eigenvalue weighted by molar-refractivity contribution is -0.128. The lowest BCUT2D eigenvalue weighted by Crippen LogP contribution is -2.42. The Bertz CT molecular complexity index is 846. The molecule has 0 aliphatic heterocycles. The van der Waals surface area contributed by atoms with E-state index in [1.165, 1.54) is 0 Å². The van der Waals surface area contributed by atoms with Crippen LogP contribution in [0.25, 0.3) is 11.0 Å². The molecule has 1 N–H and O–H groups in total. The summed E-state index contributed by atoms with van der Waals surface area (Å²) in [5, 5.41) is 3.46. The molecule has 0 saturated heterocycles. The summed E-state index contributed by atoms with van der Waals surface area (Å²) in [6.45, 7) is 3.42. The van der Waals surface area contributed by atoms with Gasteiger partial charge in [0.05, 0.1) is 11.7 Å². The molecule has 0 fully saturated rings. The topological polar surface area (TPSA) is 64.1 Å². The van der Waals surface area contributed by atoms with E-state index in [1.807, 2.05) is 6.07 Å². The van der Waals surface area contributed by atoms with Crippen LogP contribution in [0.15, 0.2) is 42.5 Å². The minimum Gasteiger partial charge on any atom is -0.478 e. The highest BCUT2D eigenvalue weighted by Gasteiger charge is 2.30. The average molecular weight is 348 g/mol. The Morgan fingerprint density at radius 2 is 1.83 bits per heavy atom. The molecule has 118 valence electrons. The SMILES string of the molecule is CC(C)(Oc1ccc(Cl)cc1)C(=O)Nc1ccc2nsnc2c1. The smallest absolute Gasteiger partial charge is 0.267 e. The number of ether oxygens (including phenoxy) is 1. The zero-order chi connectivity index (χ0) is 16.4. The first-order valence-corrected chi connectivity index (χ1v) is 8.03. The largest absolute Gasteiger partial charge is 0.478 e. The van der Waals surface area contributed by atoms with Gasteiger partial charge in [0, 0.05) is 10.7 Å². The second-order valence-corrected chi connectivity index (χ2v) is 6.45. The molecule has 3 rings (SSSR count). The molecule has 2 aromatic carbocycles. The number of aromatic nitrogens is 2. The number of fused-ring (bicyclic) bond motifs is 1. The number of halogens is 1. The molecular formula is C16H14ClN3O2S. The van der Waals surface area contributed by atoms with E-state index in [0.29, 0.717) is 16.5 Å². The third-order valence-electron chi connectivity index (χ3n) is 3.25. The summed E-state index contributed by atoms with van der Waals surface area (Å²) in [5.41, 5.74) is 1.18. The second kappa shape index (κ2) is 6.14.